The number of hydrogen-bond donors (Lipinski definition) is 0. The van der Waals surface area contributed by atoms with Crippen LogP contribution in [0.2, 0.25) is 0 Å². The summed E-state index contributed by atoms with van der Waals surface area (Å²) in [7, 11) is 2.00. The zero-order chi connectivity index (χ0) is 16.1. The van der Waals surface area contributed by atoms with Gasteiger partial charge in [0.2, 0.25) is 0 Å². The van der Waals surface area contributed by atoms with E-state index in [4.69, 9.17) is 4.74 Å². The molecule has 2 saturated heterocycles. The molecule has 0 saturated carbocycles. The lowest BCUT2D eigenvalue weighted by Crippen LogP contribution is -2.30. The SMILES string of the molecule is CN(CCC1CCCCO1)c1cncc(C(=O)N2CCCC2)n1. The molecule has 1 amide bonds. The highest BCUT2D eigenvalue weighted by Gasteiger charge is 2.21. The third kappa shape index (κ3) is 4.19. The quantitative estimate of drug-likeness (QED) is 0.832. The van der Waals surface area contributed by atoms with Gasteiger partial charge in [-0.3, -0.25) is 9.78 Å². The van der Waals surface area contributed by atoms with Gasteiger partial charge in [-0.1, -0.05) is 0 Å². The Balaban J connectivity index is 1.58. The molecule has 126 valence electrons. The summed E-state index contributed by atoms with van der Waals surface area (Å²) in [5.74, 6) is 0.756. The van der Waals surface area contributed by atoms with E-state index >= 15 is 0 Å². The molecule has 1 aromatic rings. The molecule has 0 radical (unpaired) electrons. The minimum absolute atomic E-state index is 0.000800. The molecule has 0 bridgehead atoms. The molecular weight excluding hydrogens is 292 g/mol. The number of ether oxygens (including phenoxy) is 1. The van der Waals surface area contributed by atoms with Crippen LogP contribution in [0.3, 0.4) is 0 Å². The van der Waals surface area contributed by atoms with Crippen molar-refractivity contribution in [1.82, 2.24) is 14.9 Å². The molecule has 2 aliphatic heterocycles. The molecule has 2 aliphatic rings. The van der Waals surface area contributed by atoms with E-state index in [1.807, 2.05) is 11.9 Å². The Morgan fingerprint density at radius 3 is 2.87 bits per heavy atom. The second-order valence-electron chi connectivity index (χ2n) is 6.46. The zero-order valence-electron chi connectivity index (χ0n) is 13.9. The Hall–Kier alpha value is -1.69. The number of carbonyl (C=O) groups excluding carboxylic acids is 1. The van der Waals surface area contributed by atoms with E-state index in [0.29, 0.717) is 11.8 Å². The average Bonchev–Trinajstić information content (AvgIpc) is 3.14. The summed E-state index contributed by atoms with van der Waals surface area (Å²) in [5.41, 5.74) is 0.449. The van der Waals surface area contributed by atoms with Gasteiger partial charge in [0, 0.05) is 33.3 Å². The zero-order valence-corrected chi connectivity index (χ0v) is 13.9. The van der Waals surface area contributed by atoms with Crippen molar-refractivity contribution in [1.29, 1.82) is 0 Å². The Morgan fingerprint density at radius 2 is 2.13 bits per heavy atom. The molecule has 2 fully saturated rings. The van der Waals surface area contributed by atoms with Gasteiger partial charge >= 0.3 is 0 Å². The van der Waals surface area contributed by atoms with Crippen LogP contribution in [0, 0.1) is 0 Å². The van der Waals surface area contributed by atoms with Crippen molar-refractivity contribution in [2.24, 2.45) is 0 Å². The van der Waals surface area contributed by atoms with E-state index in [-0.39, 0.29) is 5.91 Å². The molecule has 0 aliphatic carbocycles. The number of aromatic nitrogens is 2. The third-order valence-electron chi connectivity index (χ3n) is 4.69. The van der Waals surface area contributed by atoms with E-state index in [1.165, 1.54) is 12.8 Å². The molecular formula is C17H26N4O2. The number of nitrogens with zero attached hydrogens (tertiary/aromatic N) is 4. The second kappa shape index (κ2) is 7.73. The Kier molecular flexibility index (Phi) is 5.43. The lowest BCUT2D eigenvalue weighted by molar-refractivity contribution is 0.0126. The molecule has 6 heteroatoms. The highest BCUT2D eigenvalue weighted by Crippen LogP contribution is 2.18. The van der Waals surface area contributed by atoms with Crippen LogP contribution < -0.4 is 4.90 Å². The predicted octanol–water partition coefficient (Wildman–Crippen LogP) is 2.11. The number of likely N-dealkylation sites (tertiary alicyclic amines) is 1. The summed E-state index contributed by atoms with van der Waals surface area (Å²) in [4.78, 5) is 25.1. The number of anilines is 1. The van der Waals surface area contributed by atoms with Gasteiger partial charge in [-0.05, 0) is 38.5 Å². The molecule has 0 N–H and O–H groups in total. The summed E-state index contributed by atoms with van der Waals surface area (Å²) >= 11 is 0. The van der Waals surface area contributed by atoms with Gasteiger partial charge in [0.25, 0.3) is 5.91 Å². The molecule has 0 aromatic carbocycles. The van der Waals surface area contributed by atoms with Gasteiger partial charge in [0.05, 0.1) is 18.5 Å². The molecule has 23 heavy (non-hydrogen) atoms. The van der Waals surface area contributed by atoms with Crippen LogP contribution in [-0.2, 0) is 4.74 Å². The largest absolute Gasteiger partial charge is 0.378 e. The van der Waals surface area contributed by atoms with E-state index in [0.717, 1.165) is 57.7 Å². The first-order valence-electron chi connectivity index (χ1n) is 8.68. The van der Waals surface area contributed by atoms with Gasteiger partial charge < -0.3 is 14.5 Å². The van der Waals surface area contributed by atoms with Crippen molar-refractivity contribution in [2.45, 2.75) is 44.6 Å². The number of carbonyl (C=O) groups is 1. The number of amides is 1. The fraction of sp³-hybridized carbons (Fsp3) is 0.706. The lowest BCUT2D eigenvalue weighted by Gasteiger charge is -2.25. The van der Waals surface area contributed by atoms with Gasteiger partial charge in [-0.15, -0.1) is 0 Å². The molecule has 3 rings (SSSR count). The second-order valence-corrected chi connectivity index (χ2v) is 6.46. The van der Waals surface area contributed by atoms with Crippen molar-refractivity contribution < 1.29 is 9.53 Å². The first-order chi connectivity index (χ1) is 11.2. The maximum Gasteiger partial charge on any atom is 0.274 e. The molecule has 0 spiro atoms. The lowest BCUT2D eigenvalue weighted by atomic mass is 10.1. The van der Waals surface area contributed by atoms with E-state index in [1.54, 1.807) is 12.4 Å². The number of rotatable bonds is 5. The normalized spacial score (nSPS) is 21.4. The summed E-state index contributed by atoms with van der Waals surface area (Å²) in [6, 6.07) is 0. The summed E-state index contributed by atoms with van der Waals surface area (Å²) < 4.78 is 5.77. The fourth-order valence-corrected chi connectivity index (χ4v) is 3.21. The standard InChI is InChI=1S/C17H26N4O2/c1-20(10-7-14-6-2-5-11-23-14)16-13-18-12-15(19-16)17(22)21-8-3-4-9-21/h12-14H,2-11H2,1H3. The van der Waals surface area contributed by atoms with Gasteiger partial charge in [0.15, 0.2) is 0 Å². The van der Waals surface area contributed by atoms with E-state index in [2.05, 4.69) is 14.9 Å². The fourth-order valence-electron chi connectivity index (χ4n) is 3.21. The Morgan fingerprint density at radius 1 is 1.30 bits per heavy atom. The maximum absolute atomic E-state index is 12.4. The van der Waals surface area contributed by atoms with Gasteiger partial charge in [-0.25, -0.2) is 4.98 Å². The van der Waals surface area contributed by atoms with Crippen LogP contribution in [0.1, 0.15) is 49.0 Å². The Labute approximate surface area is 137 Å². The first-order valence-corrected chi connectivity index (χ1v) is 8.68. The van der Waals surface area contributed by atoms with Crippen molar-refractivity contribution in [2.75, 3.05) is 38.2 Å². The minimum atomic E-state index is 0.000800. The van der Waals surface area contributed by atoms with Crippen LogP contribution in [0.4, 0.5) is 5.82 Å². The summed E-state index contributed by atoms with van der Waals surface area (Å²) in [5, 5.41) is 0. The predicted molar refractivity (Wildman–Crippen MR) is 88.6 cm³/mol. The molecule has 1 atom stereocenters. The average molecular weight is 318 g/mol. The number of hydrogen-bond acceptors (Lipinski definition) is 5. The minimum Gasteiger partial charge on any atom is -0.378 e. The van der Waals surface area contributed by atoms with Crippen LogP contribution in [-0.4, -0.2) is 60.2 Å². The van der Waals surface area contributed by atoms with Crippen molar-refractivity contribution >= 4 is 11.7 Å². The van der Waals surface area contributed by atoms with E-state index < -0.39 is 0 Å². The van der Waals surface area contributed by atoms with Crippen LogP contribution in [0.15, 0.2) is 12.4 Å². The van der Waals surface area contributed by atoms with Crippen LogP contribution >= 0.6 is 0 Å². The van der Waals surface area contributed by atoms with Gasteiger partial charge in [-0.2, -0.15) is 0 Å². The molecule has 6 nitrogen and oxygen atoms in total. The monoisotopic (exact) mass is 318 g/mol. The smallest absolute Gasteiger partial charge is 0.274 e. The van der Waals surface area contributed by atoms with Gasteiger partial charge in [0.1, 0.15) is 11.5 Å². The summed E-state index contributed by atoms with van der Waals surface area (Å²) in [6.07, 6.45) is 10.4. The maximum atomic E-state index is 12.4. The van der Waals surface area contributed by atoms with Crippen molar-refractivity contribution in [3.63, 3.8) is 0 Å². The summed E-state index contributed by atoms with van der Waals surface area (Å²) in [6.45, 7) is 3.41. The van der Waals surface area contributed by atoms with Crippen molar-refractivity contribution in [3.05, 3.63) is 18.1 Å². The highest BCUT2D eigenvalue weighted by atomic mass is 16.5. The molecule has 1 aromatic heterocycles. The molecule has 1 unspecified atom stereocenters. The Bertz CT molecular complexity index is 525. The topological polar surface area (TPSA) is 58.6 Å². The third-order valence-corrected chi connectivity index (χ3v) is 4.69. The van der Waals surface area contributed by atoms with E-state index in [9.17, 15) is 4.79 Å². The van der Waals surface area contributed by atoms with Crippen LogP contribution in [0.25, 0.3) is 0 Å². The molecule has 3 heterocycles. The van der Waals surface area contributed by atoms with Crippen LogP contribution in [0.5, 0.6) is 0 Å². The first kappa shape index (κ1) is 16.2. The van der Waals surface area contributed by atoms with Crippen molar-refractivity contribution in [3.8, 4) is 0 Å². The highest BCUT2D eigenvalue weighted by molar-refractivity contribution is 5.92.